The number of ether oxygens (including phenoxy) is 1. The molecule has 2 aromatic rings. The Bertz CT molecular complexity index is 669. The van der Waals surface area contributed by atoms with Crippen LogP contribution in [0.4, 0.5) is 0 Å². The molecule has 0 unspecified atom stereocenters. The first-order valence-corrected chi connectivity index (χ1v) is 8.42. The molecule has 1 aliphatic rings. The highest BCUT2D eigenvalue weighted by atomic mass is 79.9. The maximum absolute atomic E-state index is 6.23. The summed E-state index contributed by atoms with van der Waals surface area (Å²) in [7, 11) is 0. The zero-order valence-corrected chi connectivity index (χ0v) is 14.5. The Morgan fingerprint density at radius 3 is 3.05 bits per heavy atom. The zero-order chi connectivity index (χ0) is 15.0. The molecule has 0 N–H and O–H groups in total. The number of aryl methyl sites for hydroxylation is 1. The van der Waals surface area contributed by atoms with Gasteiger partial charge in [-0.1, -0.05) is 18.5 Å². The molecule has 21 heavy (non-hydrogen) atoms. The lowest BCUT2D eigenvalue weighted by Gasteiger charge is -2.13. The molecule has 3 rings (SSSR count). The van der Waals surface area contributed by atoms with Crippen LogP contribution in [0.1, 0.15) is 25.1 Å². The molecule has 0 fully saturated rings. The average molecular weight is 370 g/mol. The van der Waals surface area contributed by atoms with Crippen LogP contribution in [0.5, 0.6) is 0 Å². The first kappa shape index (κ1) is 15.1. The van der Waals surface area contributed by atoms with Crippen molar-refractivity contribution in [1.82, 2.24) is 9.55 Å². The summed E-state index contributed by atoms with van der Waals surface area (Å²) < 4.78 is 8.95. The van der Waals surface area contributed by atoms with Gasteiger partial charge in [-0.05, 0) is 53.0 Å². The molecular weight excluding hydrogens is 352 g/mol. The molecule has 112 valence electrons. The van der Waals surface area contributed by atoms with Crippen LogP contribution in [0.15, 0.2) is 22.8 Å². The van der Waals surface area contributed by atoms with E-state index in [9.17, 15) is 0 Å². The van der Waals surface area contributed by atoms with Gasteiger partial charge in [0, 0.05) is 17.0 Å². The topological polar surface area (TPSA) is 27.1 Å². The Morgan fingerprint density at radius 2 is 2.29 bits per heavy atom. The lowest BCUT2D eigenvalue weighted by atomic mass is 10.1. The number of fused-ring (bicyclic) bond motifs is 1. The summed E-state index contributed by atoms with van der Waals surface area (Å²) in [5, 5.41) is 0.819. The van der Waals surface area contributed by atoms with E-state index >= 15 is 0 Å². The third kappa shape index (κ3) is 2.89. The van der Waals surface area contributed by atoms with Crippen molar-refractivity contribution in [3.05, 3.63) is 39.1 Å². The number of hydrogen-bond donors (Lipinski definition) is 0. The fraction of sp³-hybridized carbons (Fsp3) is 0.438. The standard InChI is InChI=1S/C16H18BrClN2O/c1-3-11-8-12(4-5-13(11)18)16-19-15(17)14-6-7-21-10(2)9-20(14)16/h4-5,8,10H,3,6-7,9H2,1-2H3/t10-/m1/s1. The molecular formula is C16H18BrClN2O. The van der Waals surface area contributed by atoms with Crippen LogP contribution in [0.2, 0.25) is 5.02 Å². The first-order valence-electron chi connectivity index (χ1n) is 7.25. The van der Waals surface area contributed by atoms with Gasteiger partial charge in [0.25, 0.3) is 0 Å². The number of hydrogen-bond acceptors (Lipinski definition) is 2. The van der Waals surface area contributed by atoms with Crippen molar-refractivity contribution in [2.75, 3.05) is 6.61 Å². The molecule has 1 atom stereocenters. The Balaban J connectivity index is 2.11. The molecule has 1 aromatic heterocycles. The summed E-state index contributed by atoms with van der Waals surface area (Å²) in [5.41, 5.74) is 3.47. The molecule has 0 saturated carbocycles. The van der Waals surface area contributed by atoms with E-state index in [0.717, 1.165) is 52.6 Å². The van der Waals surface area contributed by atoms with Gasteiger partial charge >= 0.3 is 0 Å². The molecule has 0 spiro atoms. The van der Waals surface area contributed by atoms with Gasteiger partial charge in [0.05, 0.1) is 24.9 Å². The highest BCUT2D eigenvalue weighted by molar-refractivity contribution is 9.10. The summed E-state index contributed by atoms with van der Waals surface area (Å²) in [6.07, 6.45) is 2.00. The van der Waals surface area contributed by atoms with Crippen LogP contribution in [0, 0.1) is 0 Å². The van der Waals surface area contributed by atoms with E-state index in [0.29, 0.717) is 0 Å². The quantitative estimate of drug-likeness (QED) is 0.780. The molecule has 5 heteroatoms. The van der Waals surface area contributed by atoms with Crippen molar-refractivity contribution in [1.29, 1.82) is 0 Å². The molecule has 2 heterocycles. The van der Waals surface area contributed by atoms with Crippen molar-refractivity contribution >= 4 is 27.5 Å². The molecule has 1 aliphatic heterocycles. The minimum absolute atomic E-state index is 0.198. The van der Waals surface area contributed by atoms with E-state index in [4.69, 9.17) is 21.3 Å². The van der Waals surface area contributed by atoms with Gasteiger partial charge < -0.3 is 9.30 Å². The predicted octanol–water partition coefficient (Wildman–Crippen LogP) is 4.49. The van der Waals surface area contributed by atoms with Gasteiger partial charge in [-0.3, -0.25) is 0 Å². The molecule has 0 radical (unpaired) electrons. The van der Waals surface area contributed by atoms with Crippen LogP contribution in [0.3, 0.4) is 0 Å². The van der Waals surface area contributed by atoms with Crippen LogP contribution in [-0.4, -0.2) is 22.3 Å². The molecule has 0 saturated heterocycles. The van der Waals surface area contributed by atoms with Gasteiger partial charge in [0.2, 0.25) is 0 Å². The minimum Gasteiger partial charge on any atom is -0.376 e. The largest absolute Gasteiger partial charge is 0.376 e. The highest BCUT2D eigenvalue weighted by Crippen LogP contribution is 2.30. The van der Waals surface area contributed by atoms with E-state index in [-0.39, 0.29) is 6.10 Å². The third-order valence-electron chi connectivity index (χ3n) is 3.89. The number of nitrogens with zero attached hydrogens (tertiary/aromatic N) is 2. The van der Waals surface area contributed by atoms with E-state index in [2.05, 4.69) is 40.4 Å². The van der Waals surface area contributed by atoms with Gasteiger partial charge in [-0.2, -0.15) is 0 Å². The third-order valence-corrected chi connectivity index (χ3v) is 4.89. The number of aromatic nitrogens is 2. The number of imidazole rings is 1. The molecule has 1 aromatic carbocycles. The maximum Gasteiger partial charge on any atom is 0.141 e. The molecule has 0 bridgehead atoms. The summed E-state index contributed by atoms with van der Waals surface area (Å²) in [5.74, 6) is 0.987. The van der Waals surface area contributed by atoms with Gasteiger partial charge in [0.15, 0.2) is 0 Å². The highest BCUT2D eigenvalue weighted by Gasteiger charge is 2.22. The van der Waals surface area contributed by atoms with Gasteiger partial charge in [-0.15, -0.1) is 0 Å². The average Bonchev–Trinajstić information content (AvgIpc) is 2.65. The van der Waals surface area contributed by atoms with Crippen LogP contribution in [0.25, 0.3) is 11.4 Å². The normalized spacial score (nSPS) is 18.4. The van der Waals surface area contributed by atoms with Gasteiger partial charge in [0.1, 0.15) is 10.4 Å². The van der Waals surface area contributed by atoms with Crippen molar-refractivity contribution in [3.8, 4) is 11.4 Å². The fourth-order valence-electron chi connectivity index (χ4n) is 2.76. The second-order valence-corrected chi connectivity index (χ2v) is 6.53. The van der Waals surface area contributed by atoms with E-state index < -0.39 is 0 Å². The Kier molecular flexibility index (Phi) is 4.38. The molecule has 0 aliphatic carbocycles. The van der Waals surface area contributed by atoms with Crippen molar-refractivity contribution in [2.45, 2.75) is 39.3 Å². The van der Waals surface area contributed by atoms with Gasteiger partial charge in [-0.25, -0.2) is 4.98 Å². The lowest BCUT2D eigenvalue weighted by Crippen LogP contribution is -2.15. The van der Waals surface area contributed by atoms with Crippen molar-refractivity contribution in [3.63, 3.8) is 0 Å². The Morgan fingerprint density at radius 1 is 1.48 bits per heavy atom. The predicted molar refractivity (Wildman–Crippen MR) is 88.9 cm³/mol. The van der Waals surface area contributed by atoms with E-state index in [1.807, 2.05) is 12.1 Å². The fourth-order valence-corrected chi connectivity index (χ4v) is 3.60. The second-order valence-electron chi connectivity index (χ2n) is 5.37. The van der Waals surface area contributed by atoms with E-state index in [1.54, 1.807) is 0 Å². The zero-order valence-electron chi connectivity index (χ0n) is 12.2. The van der Waals surface area contributed by atoms with E-state index in [1.165, 1.54) is 5.69 Å². The summed E-state index contributed by atoms with van der Waals surface area (Å²) >= 11 is 9.82. The SMILES string of the molecule is CCc1cc(-c2nc(Br)c3n2C[C@@H](C)OCC3)ccc1Cl. The first-order chi connectivity index (χ1) is 10.1. The number of rotatable bonds is 2. The summed E-state index contributed by atoms with van der Waals surface area (Å²) in [6.45, 7) is 5.79. The van der Waals surface area contributed by atoms with Crippen LogP contribution < -0.4 is 0 Å². The molecule has 0 amide bonds. The minimum atomic E-state index is 0.198. The summed E-state index contributed by atoms with van der Waals surface area (Å²) in [6, 6.07) is 6.14. The maximum atomic E-state index is 6.23. The van der Waals surface area contributed by atoms with Crippen LogP contribution in [-0.2, 0) is 24.1 Å². The number of benzene rings is 1. The second kappa shape index (κ2) is 6.11. The summed E-state index contributed by atoms with van der Waals surface area (Å²) in [4.78, 5) is 4.72. The smallest absolute Gasteiger partial charge is 0.141 e. The monoisotopic (exact) mass is 368 g/mol. The number of halogens is 2. The van der Waals surface area contributed by atoms with Crippen LogP contribution >= 0.6 is 27.5 Å². The lowest BCUT2D eigenvalue weighted by molar-refractivity contribution is 0.0666. The Labute approximate surface area is 138 Å². The van der Waals surface area contributed by atoms with Crippen molar-refractivity contribution in [2.24, 2.45) is 0 Å². The Hall–Kier alpha value is -0.840. The van der Waals surface area contributed by atoms with Crippen molar-refractivity contribution < 1.29 is 4.74 Å². The molecule has 3 nitrogen and oxygen atoms in total.